The number of aromatic amines is 1. The number of anilines is 2. The minimum atomic E-state index is -0.586. The van der Waals surface area contributed by atoms with E-state index in [0.29, 0.717) is 16.9 Å². The summed E-state index contributed by atoms with van der Waals surface area (Å²) in [5.74, 6) is 1.55. The molecule has 2 aromatic carbocycles. The zero-order valence-electron chi connectivity index (χ0n) is 18.5. The van der Waals surface area contributed by atoms with E-state index < -0.39 is 10.9 Å². The predicted molar refractivity (Wildman–Crippen MR) is 129 cm³/mol. The van der Waals surface area contributed by atoms with Crippen molar-refractivity contribution in [1.82, 2.24) is 19.9 Å². The molecule has 1 fully saturated rings. The number of nitrogens with two attached hydrogens (primary N) is 1. The molecule has 3 N–H and O–H groups in total. The average Bonchev–Trinajstić information content (AvgIpc) is 3.26. The van der Waals surface area contributed by atoms with Gasteiger partial charge in [-0.2, -0.15) is 0 Å². The highest BCUT2D eigenvalue weighted by Crippen LogP contribution is 2.28. The molecule has 1 saturated heterocycles. The predicted octanol–water partition coefficient (Wildman–Crippen LogP) is 1.57. The van der Waals surface area contributed by atoms with Gasteiger partial charge in [0.25, 0.3) is 0 Å². The van der Waals surface area contributed by atoms with Gasteiger partial charge in [0.05, 0.1) is 24.6 Å². The Hall–Kier alpha value is -3.72. The lowest BCUT2D eigenvalue weighted by Crippen LogP contribution is -2.47. The molecule has 33 heavy (non-hydrogen) atoms. The van der Waals surface area contributed by atoms with E-state index in [1.54, 1.807) is 19.6 Å². The van der Waals surface area contributed by atoms with Crippen LogP contribution in [0, 0.1) is 0 Å². The smallest absolute Gasteiger partial charge is 0.249 e. The molecule has 9 heteroatoms. The normalized spacial score (nSPS) is 14.9. The van der Waals surface area contributed by atoms with Gasteiger partial charge in [0.1, 0.15) is 6.33 Å². The number of nitrogens with zero attached hydrogens (tertiary/aromatic N) is 4. The van der Waals surface area contributed by atoms with Gasteiger partial charge in [-0.15, -0.1) is 0 Å². The molecular weight excluding hydrogens is 420 g/mol. The SMILES string of the molecule is COc1cncnc1N1CCN(CCCc2c[nH]c3ccc(-c4c(N)c(=O)c4=O)cc23)CC1. The summed E-state index contributed by atoms with van der Waals surface area (Å²) in [5.41, 5.74) is 8.00. The molecule has 170 valence electrons. The van der Waals surface area contributed by atoms with Gasteiger partial charge in [-0.3, -0.25) is 14.5 Å². The van der Waals surface area contributed by atoms with E-state index in [2.05, 4.69) is 24.8 Å². The number of rotatable bonds is 7. The van der Waals surface area contributed by atoms with Crippen LogP contribution in [0.1, 0.15) is 12.0 Å². The molecule has 3 heterocycles. The number of benzene rings is 1. The number of nitrogens with one attached hydrogen (secondary N) is 1. The summed E-state index contributed by atoms with van der Waals surface area (Å²) < 4.78 is 5.39. The lowest BCUT2D eigenvalue weighted by molar-refractivity contribution is 0.253. The fourth-order valence-corrected chi connectivity index (χ4v) is 4.60. The van der Waals surface area contributed by atoms with Crippen molar-refractivity contribution < 1.29 is 4.74 Å². The molecule has 0 saturated carbocycles. The van der Waals surface area contributed by atoms with Crippen LogP contribution < -0.4 is 26.2 Å². The van der Waals surface area contributed by atoms with Gasteiger partial charge in [-0.1, -0.05) is 6.07 Å². The zero-order chi connectivity index (χ0) is 22.9. The molecule has 2 aromatic heterocycles. The Morgan fingerprint density at radius 2 is 1.97 bits per heavy atom. The standard InChI is InChI=1S/C24H26N6O3/c1-33-19-13-26-14-28-24(19)30-9-7-29(8-10-30)6-2-3-16-12-27-18-5-4-15(11-17(16)18)20-21(25)23(32)22(20)31/h4-5,11-14,27H,2-3,6-10,25H2,1H3. The molecule has 0 amide bonds. The number of nitrogen functional groups attached to an aromatic ring is 1. The van der Waals surface area contributed by atoms with Gasteiger partial charge in [-0.25, -0.2) is 9.97 Å². The zero-order valence-corrected chi connectivity index (χ0v) is 18.5. The van der Waals surface area contributed by atoms with Crippen LogP contribution in [0.15, 0.2) is 46.5 Å². The summed E-state index contributed by atoms with van der Waals surface area (Å²) >= 11 is 0. The van der Waals surface area contributed by atoms with Gasteiger partial charge >= 0.3 is 0 Å². The Morgan fingerprint density at radius 1 is 1.15 bits per heavy atom. The molecule has 0 aliphatic carbocycles. The molecule has 0 spiro atoms. The summed E-state index contributed by atoms with van der Waals surface area (Å²) in [6.45, 7) is 4.73. The second-order valence-corrected chi connectivity index (χ2v) is 8.37. The van der Waals surface area contributed by atoms with Crippen LogP contribution >= 0.6 is 0 Å². The van der Waals surface area contributed by atoms with Gasteiger partial charge in [0.15, 0.2) is 11.6 Å². The molecule has 1 aliphatic heterocycles. The summed E-state index contributed by atoms with van der Waals surface area (Å²) in [4.78, 5) is 39.8. The van der Waals surface area contributed by atoms with Crippen LogP contribution in [0.4, 0.5) is 11.5 Å². The van der Waals surface area contributed by atoms with Crippen molar-refractivity contribution in [3.63, 3.8) is 0 Å². The topological polar surface area (TPSA) is 117 Å². The van der Waals surface area contributed by atoms with Crippen molar-refractivity contribution in [2.24, 2.45) is 0 Å². The van der Waals surface area contributed by atoms with Crippen LogP contribution in [-0.2, 0) is 6.42 Å². The fourth-order valence-electron chi connectivity index (χ4n) is 4.60. The van der Waals surface area contributed by atoms with E-state index in [-0.39, 0.29) is 5.69 Å². The maximum absolute atomic E-state index is 11.9. The lowest BCUT2D eigenvalue weighted by atomic mass is 9.96. The monoisotopic (exact) mass is 446 g/mol. The van der Waals surface area contributed by atoms with Gasteiger partial charge in [-0.05, 0) is 42.6 Å². The number of aromatic nitrogens is 3. The third-order valence-corrected chi connectivity index (χ3v) is 6.47. The number of hydrogen-bond donors (Lipinski definition) is 2. The quantitative estimate of drug-likeness (QED) is 0.411. The van der Waals surface area contributed by atoms with E-state index in [9.17, 15) is 9.59 Å². The number of piperazine rings is 1. The fraction of sp³-hybridized carbons (Fsp3) is 0.333. The number of methoxy groups -OCH3 is 1. The molecule has 1 aliphatic rings. The largest absolute Gasteiger partial charge is 0.491 e. The Morgan fingerprint density at radius 3 is 2.73 bits per heavy atom. The summed E-state index contributed by atoms with van der Waals surface area (Å²) in [6, 6.07) is 5.73. The van der Waals surface area contributed by atoms with Crippen LogP contribution in [0.5, 0.6) is 5.75 Å². The van der Waals surface area contributed by atoms with E-state index in [1.807, 2.05) is 24.4 Å². The van der Waals surface area contributed by atoms with Crippen molar-refractivity contribution in [2.45, 2.75) is 12.8 Å². The van der Waals surface area contributed by atoms with Crippen LogP contribution in [0.25, 0.3) is 22.0 Å². The number of ether oxygens (including phenoxy) is 1. The van der Waals surface area contributed by atoms with Gasteiger partial charge in [0.2, 0.25) is 10.9 Å². The van der Waals surface area contributed by atoms with Crippen molar-refractivity contribution in [3.05, 3.63) is 62.9 Å². The average molecular weight is 447 g/mol. The molecule has 0 unspecified atom stereocenters. The summed E-state index contributed by atoms with van der Waals surface area (Å²) in [6.07, 6.45) is 7.23. The third kappa shape index (κ3) is 3.84. The van der Waals surface area contributed by atoms with E-state index >= 15 is 0 Å². The van der Waals surface area contributed by atoms with Crippen molar-refractivity contribution in [1.29, 1.82) is 0 Å². The van der Waals surface area contributed by atoms with Gasteiger partial charge < -0.3 is 20.4 Å². The third-order valence-electron chi connectivity index (χ3n) is 6.47. The Labute approximate surface area is 190 Å². The first-order valence-corrected chi connectivity index (χ1v) is 11.1. The van der Waals surface area contributed by atoms with Crippen molar-refractivity contribution in [3.8, 4) is 16.9 Å². The van der Waals surface area contributed by atoms with Crippen LogP contribution in [0.2, 0.25) is 0 Å². The molecule has 9 nitrogen and oxygen atoms in total. The van der Waals surface area contributed by atoms with E-state index in [0.717, 1.165) is 62.3 Å². The number of aryl methyl sites for hydroxylation is 1. The minimum absolute atomic E-state index is 0.0650. The van der Waals surface area contributed by atoms with E-state index in [1.165, 1.54) is 5.56 Å². The Balaban J connectivity index is 1.20. The number of hydrogen-bond acceptors (Lipinski definition) is 8. The first-order chi connectivity index (χ1) is 16.1. The maximum atomic E-state index is 11.9. The molecule has 0 atom stereocenters. The number of H-pyrrole nitrogens is 1. The van der Waals surface area contributed by atoms with E-state index in [4.69, 9.17) is 10.5 Å². The molecule has 4 aromatic rings. The lowest BCUT2D eigenvalue weighted by Gasteiger charge is -2.35. The van der Waals surface area contributed by atoms with Crippen molar-refractivity contribution in [2.75, 3.05) is 50.5 Å². The summed E-state index contributed by atoms with van der Waals surface area (Å²) in [7, 11) is 1.64. The second-order valence-electron chi connectivity index (χ2n) is 8.37. The van der Waals surface area contributed by atoms with Crippen molar-refractivity contribution >= 4 is 22.4 Å². The highest BCUT2D eigenvalue weighted by molar-refractivity contribution is 5.91. The molecule has 0 radical (unpaired) electrons. The molecule has 0 bridgehead atoms. The highest BCUT2D eigenvalue weighted by atomic mass is 16.5. The first-order valence-electron chi connectivity index (χ1n) is 11.1. The van der Waals surface area contributed by atoms with Gasteiger partial charge in [0, 0.05) is 43.3 Å². The second kappa shape index (κ2) is 8.67. The van der Waals surface area contributed by atoms with Crippen LogP contribution in [-0.4, -0.2) is 59.7 Å². The molecular formula is C24H26N6O3. The summed E-state index contributed by atoms with van der Waals surface area (Å²) in [5, 5.41) is 1.07. The van der Waals surface area contributed by atoms with Crippen LogP contribution in [0.3, 0.4) is 0 Å². The number of fused-ring (bicyclic) bond motifs is 1. The Kier molecular flexibility index (Phi) is 5.55. The molecule has 5 rings (SSSR count). The minimum Gasteiger partial charge on any atom is -0.491 e. The highest BCUT2D eigenvalue weighted by Gasteiger charge is 2.22. The maximum Gasteiger partial charge on any atom is 0.249 e. The first kappa shape index (κ1) is 21.1. The Bertz CT molecular complexity index is 1360.